The van der Waals surface area contributed by atoms with Crippen LogP contribution in [-0.4, -0.2) is 28.1 Å². The van der Waals surface area contributed by atoms with Crippen molar-refractivity contribution in [2.24, 2.45) is 5.92 Å². The van der Waals surface area contributed by atoms with Crippen LogP contribution in [0.15, 0.2) is 24.3 Å². The Morgan fingerprint density at radius 1 is 1.35 bits per heavy atom. The number of carbonyl (C=O) groups excluding carboxylic acids is 1. The van der Waals surface area contributed by atoms with Crippen LogP contribution in [0.4, 0.5) is 0 Å². The molecule has 1 amide bonds. The first kappa shape index (κ1) is 15.9. The zero-order chi connectivity index (χ0) is 16.6. The zero-order valence-electron chi connectivity index (χ0n) is 14.0. The molecular formula is C19H24N2O2. The SMILES string of the molecule is Cc1nc2ccccc2c(C)c1CC(=O)NC(C)(CO)C1CC1. The van der Waals surface area contributed by atoms with Gasteiger partial charge in [0.25, 0.3) is 0 Å². The van der Waals surface area contributed by atoms with Crippen LogP contribution in [0.3, 0.4) is 0 Å². The third kappa shape index (κ3) is 3.08. The quantitative estimate of drug-likeness (QED) is 0.892. The molecule has 1 heterocycles. The number of aryl methyl sites for hydroxylation is 2. The van der Waals surface area contributed by atoms with Crippen molar-refractivity contribution in [3.63, 3.8) is 0 Å². The summed E-state index contributed by atoms with van der Waals surface area (Å²) in [6.07, 6.45) is 2.46. The van der Waals surface area contributed by atoms with E-state index in [4.69, 9.17) is 0 Å². The molecule has 0 spiro atoms. The molecule has 4 heteroatoms. The number of amides is 1. The van der Waals surface area contributed by atoms with Crippen LogP contribution in [0, 0.1) is 19.8 Å². The van der Waals surface area contributed by atoms with Crippen LogP contribution in [-0.2, 0) is 11.2 Å². The highest BCUT2D eigenvalue weighted by Gasteiger charge is 2.42. The van der Waals surface area contributed by atoms with Crippen LogP contribution in [0.5, 0.6) is 0 Å². The van der Waals surface area contributed by atoms with Crippen LogP contribution >= 0.6 is 0 Å². The van der Waals surface area contributed by atoms with Gasteiger partial charge in [-0.1, -0.05) is 18.2 Å². The number of benzene rings is 1. The number of pyridine rings is 1. The van der Waals surface area contributed by atoms with Crippen molar-refractivity contribution in [3.8, 4) is 0 Å². The van der Waals surface area contributed by atoms with Crippen molar-refractivity contribution in [2.45, 2.75) is 45.6 Å². The minimum atomic E-state index is -0.497. The van der Waals surface area contributed by atoms with E-state index in [1.165, 1.54) is 0 Å². The molecule has 0 saturated heterocycles. The van der Waals surface area contributed by atoms with Crippen LogP contribution in [0.1, 0.15) is 36.6 Å². The number of rotatable bonds is 5. The van der Waals surface area contributed by atoms with Crippen LogP contribution < -0.4 is 5.32 Å². The van der Waals surface area contributed by atoms with Gasteiger partial charge in [0.05, 0.1) is 24.1 Å². The molecule has 1 saturated carbocycles. The van der Waals surface area contributed by atoms with Gasteiger partial charge in [0, 0.05) is 11.1 Å². The molecule has 23 heavy (non-hydrogen) atoms. The Kier molecular flexibility index (Phi) is 4.11. The monoisotopic (exact) mass is 312 g/mol. The fourth-order valence-corrected chi connectivity index (χ4v) is 3.35. The first-order valence-corrected chi connectivity index (χ1v) is 8.21. The molecule has 1 aromatic carbocycles. The second-order valence-corrected chi connectivity index (χ2v) is 6.89. The van der Waals surface area contributed by atoms with E-state index in [1.807, 2.05) is 45.0 Å². The number of carbonyl (C=O) groups is 1. The highest BCUT2D eigenvalue weighted by molar-refractivity contribution is 5.86. The van der Waals surface area contributed by atoms with Crippen LogP contribution in [0.25, 0.3) is 10.9 Å². The van der Waals surface area contributed by atoms with Gasteiger partial charge in [-0.05, 0) is 56.7 Å². The van der Waals surface area contributed by atoms with E-state index in [2.05, 4.69) is 10.3 Å². The lowest BCUT2D eigenvalue weighted by molar-refractivity contribution is -0.123. The van der Waals surface area contributed by atoms with Crippen molar-refractivity contribution < 1.29 is 9.90 Å². The molecule has 2 aromatic rings. The summed E-state index contributed by atoms with van der Waals surface area (Å²) in [5, 5.41) is 13.8. The zero-order valence-corrected chi connectivity index (χ0v) is 14.0. The number of nitrogens with zero attached hydrogens (tertiary/aromatic N) is 1. The maximum absolute atomic E-state index is 12.5. The number of aliphatic hydroxyl groups is 1. The fourth-order valence-electron chi connectivity index (χ4n) is 3.35. The molecule has 0 bridgehead atoms. The smallest absolute Gasteiger partial charge is 0.225 e. The second-order valence-electron chi connectivity index (χ2n) is 6.89. The van der Waals surface area contributed by atoms with Gasteiger partial charge in [-0.2, -0.15) is 0 Å². The van der Waals surface area contributed by atoms with E-state index in [0.717, 1.165) is 40.6 Å². The van der Waals surface area contributed by atoms with E-state index in [9.17, 15) is 9.90 Å². The van der Waals surface area contributed by atoms with Crippen molar-refractivity contribution in [1.29, 1.82) is 0 Å². The highest BCUT2D eigenvalue weighted by atomic mass is 16.3. The molecule has 122 valence electrons. The molecule has 1 unspecified atom stereocenters. The van der Waals surface area contributed by atoms with E-state index in [1.54, 1.807) is 0 Å². The van der Waals surface area contributed by atoms with E-state index >= 15 is 0 Å². The Morgan fingerprint density at radius 3 is 2.70 bits per heavy atom. The maximum Gasteiger partial charge on any atom is 0.225 e. The molecule has 2 N–H and O–H groups in total. The Hall–Kier alpha value is -1.94. The molecule has 0 aliphatic heterocycles. The average molecular weight is 312 g/mol. The lowest BCUT2D eigenvalue weighted by Crippen LogP contribution is -2.51. The van der Waals surface area contributed by atoms with Gasteiger partial charge >= 0.3 is 0 Å². The van der Waals surface area contributed by atoms with E-state index in [-0.39, 0.29) is 12.5 Å². The molecule has 1 aliphatic rings. The predicted molar refractivity (Wildman–Crippen MR) is 91.3 cm³/mol. The normalized spacial score (nSPS) is 17.0. The summed E-state index contributed by atoms with van der Waals surface area (Å²) in [6.45, 7) is 5.91. The summed E-state index contributed by atoms with van der Waals surface area (Å²) in [7, 11) is 0. The van der Waals surface area contributed by atoms with Crippen molar-refractivity contribution in [3.05, 3.63) is 41.1 Å². The van der Waals surface area contributed by atoms with Crippen molar-refractivity contribution in [2.75, 3.05) is 6.61 Å². The van der Waals surface area contributed by atoms with E-state index in [0.29, 0.717) is 12.3 Å². The Balaban J connectivity index is 1.85. The fraction of sp³-hybridized carbons (Fsp3) is 0.474. The summed E-state index contributed by atoms with van der Waals surface area (Å²) in [6, 6.07) is 8.00. The van der Waals surface area contributed by atoms with Gasteiger partial charge in [-0.25, -0.2) is 0 Å². The molecule has 1 aliphatic carbocycles. The third-order valence-electron chi connectivity index (χ3n) is 5.05. The van der Waals surface area contributed by atoms with Gasteiger partial charge < -0.3 is 10.4 Å². The number of nitrogens with one attached hydrogen (secondary N) is 1. The Labute approximate surface area is 136 Å². The summed E-state index contributed by atoms with van der Waals surface area (Å²) in [4.78, 5) is 17.1. The standard InChI is InChI=1S/C19H24N2O2/c1-12-15-6-4-5-7-17(15)20-13(2)16(12)10-18(23)21-19(3,11-22)14-8-9-14/h4-7,14,22H,8-11H2,1-3H3,(H,21,23). The summed E-state index contributed by atoms with van der Waals surface area (Å²) in [5.41, 5.74) is 3.46. The number of aromatic nitrogens is 1. The first-order chi connectivity index (χ1) is 10.9. The second kappa shape index (κ2) is 5.93. The largest absolute Gasteiger partial charge is 0.394 e. The lowest BCUT2D eigenvalue weighted by Gasteiger charge is -2.29. The number of para-hydroxylation sites is 1. The van der Waals surface area contributed by atoms with Gasteiger partial charge in [0.1, 0.15) is 0 Å². The average Bonchev–Trinajstić information content (AvgIpc) is 3.36. The molecule has 1 aromatic heterocycles. The maximum atomic E-state index is 12.5. The number of fused-ring (bicyclic) bond motifs is 1. The number of hydrogen-bond donors (Lipinski definition) is 2. The molecule has 1 atom stereocenters. The number of hydrogen-bond acceptors (Lipinski definition) is 3. The molecule has 0 radical (unpaired) electrons. The Bertz CT molecular complexity index is 752. The summed E-state index contributed by atoms with van der Waals surface area (Å²) in [5.74, 6) is 0.352. The topological polar surface area (TPSA) is 62.2 Å². The summed E-state index contributed by atoms with van der Waals surface area (Å²) >= 11 is 0. The molecule has 4 nitrogen and oxygen atoms in total. The minimum Gasteiger partial charge on any atom is -0.394 e. The predicted octanol–water partition coefficient (Wildman–Crippen LogP) is 2.67. The molecule has 3 rings (SSSR count). The lowest BCUT2D eigenvalue weighted by atomic mass is 9.95. The van der Waals surface area contributed by atoms with Crippen molar-refractivity contribution >= 4 is 16.8 Å². The van der Waals surface area contributed by atoms with Crippen LogP contribution in [0.2, 0.25) is 0 Å². The number of aliphatic hydroxyl groups excluding tert-OH is 1. The summed E-state index contributed by atoms with van der Waals surface area (Å²) < 4.78 is 0. The molecular weight excluding hydrogens is 288 g/mol. The minimum absolute atomic E-state index is 0.0165. The van der Waals surface area contributed by atoms with Gasteiger partial charge in [-0.3, -0.25) is 9.78 Å². The third-order valence-corrected chi connectivity index (χ3v) is 5.05. The highest BCUT2D eigenvalue weighted by Crippen LogP contribution is 2.39. The van der Waals surface area contributed by atoms with Gasteiger partial charge in [0.2, 0.25) is 5.91 Å². The van der Waals surface area contributed by atoms with E-state index < -0.39 is 5.54 Å². The first-order valence-electron chi connectivity index (χ1n) is 8.21. The van der Waals surface area contributed by atoms with Crippen molar-refractivity contribution in [1.82, 2.24) is 10.3 Å². The Morgan fingerprint density at radius 2 is 2.04 bits per heavy atom. The van der Waals surface area contributed by atoms with Gasteiger partial charge in [0.15, 0.2) is 0 Å². The molecule has 1 fully saturated rings. The van der Waals surface area contributed by atoms with Gasteiger partial charge in [-0.15, -0.1) is 0 Å².